The van der Waals surface area contributed by atoms with Crippen molar-refractivity contribution >= 4 is 35.1 Å². The summed E-state index contributed by atoms with van der Waals surface area (Å²) in [4.78, 5) is 26.5. The molecule has 3 atom stereocenters. The minimum atomic E-state index is -1.03. The van der Waals surface area contributed by atoms with E-state index in [0.29, 0.717) is 22.9 Å². The molecule has 1 saturated heterocycles. The van der Waals surface area contributed by atoms with Crippen molar-refractivity contribution in [2.45, 2.75) is 44.4 Å². The van der Waals surface area contributed by atoms with E-state index in [4.69, 9.17) is 27.9 Å². The van der Waals surface area contributed by atoms with Gasteiger partial charge in [0.2, 0.25) is 5.91 Å². The first kappa shape index (κ1) is 21.6. The highest BCUT2D eigenvalue weighted by Gasteiger charge is 2.50. The van der Waals surface area contributed by atoms with Gasteiger partial charge in [0.25, 0.3) is 0 Å². The molecule has 29 heavy (non-hydrogen) atoms. The minimum Gasteiger partial charge on any atom is -0.480 e. The zero-order chi connectivity index (χ0) is 21.2. The number of carbonyl (C=O) groups is 2. The van der Waals surface area contributed by atoms with Crippen LogP contribution in [-0.2, 0) is 19.9 Å². The lowest BCUT2D eigenvalue weighted by Gasteiger charge is -2.50. The summed E-state index contributed by atoms with van der Waals surface area (Å²) in [6.45, 7) is 3.58. The first-order valence-electron chi connectivity index (χ1n) is 9.47. The Labute approximate surface area is 180 Å². The van der Waals surface area contributed by atoms with Crippen LogP contribution in [0.4, 0.5) is 0 Å². The smallest absolute Gasteiger partial charge is 0.326 e. The average molecular weight is 436 g/mol. The Hall–Kier alpha value is -2.08. The van der Waals surface area contributed by atoms with Gasteiger partial charge < -0.3 is 14.7 Å². The fourth-order valence-electron chi connectivity index (χ4n) is 3.93. The molecule has 1 aliphatic heterocycles. The molecule has 5 nitrogen and oxygen atoms in total. The van der Waals surface area contributed by atoms with Crippen molar-refractivity contribution in [3.63, 3.8) is 0 Å². The van der Waals surface area contributed by atoms with Crippen LogP contribution in [0.1, 0.15) is 43.9 Å². The van der Waals surface area contributed by atoms with Crippen LogP contribution in [0.5, 0.6) is 0 Å². The molecule has 0 aromatic heterocycles. The van der Waals surface area contributed by atoms with Gasteiger partial charge >= 0.3 is 5.97 Å². The molecule has 154 valence electrons. The van der Waals surface area contributed by atoms with Crippen LogP contribution in [-0.4, -0.2) is 34.5 Å². The maximum absolute atomic E-state index is 12.9. The third-order valence-electron chi connectivity index (χ3n) is 5.37. The van der Waals surface area contributed by atoms with Gasteiger partial charge in [-0.3, -0.25) is 4.79 Å². The molecule has 1 fully saturated rings. The van der Waals surface area contributed by atoms with Gasteiger partial charge in [-0.2, -0.15) is 0 Å². The van der Waals surface area contributed by atoms with Crippen LogP contribution < -0.4 is 0 Å². The summed E-state index contributed by atoms with van der Waals surface area (Å²) in [6, 6.07) is 12.7. The number of benzene rings is 2. The lowest BCUT2D eigenvalue weighted by Crippen LogP contribution is -2.58. The van der Waals surface area contributed by atoms with Crippen molar-refractivity contribution < 1.29 is 19.4 Å². The number of carbonyl (C=O) groups excluding carboxylic acids is 1. The molecular formula is C22H23Cl2NO4. The predicted molar refractivity (Wildman–Crippen MR) is 112 cm³/mol. The fraction of sp³-hybridized carbons (Fsp3) is 0.364. The number of amides is 1. The lowest BCUT2D eigenvalue weighted by molar-refractivity contribution is -0.189. The van der Waals surface area contributed by atoms with Crippen LogP contribution in [0.15, 0.2) is 48.5 Å². The van der Waals surface area contributed by atoms with E-state index in [1.807, 2.05) is 26.0 Å². The molecule has 2 aromatic rings. The zero-order valence-electron chi connectivity index (χ0n) is 16.3. The van der Waals surface area contributed by atoms with E-state index < -0.39 is 23.7 Å². The van der Waals surface area contributed by atoms with E-state index in [-0.39, 0.29) is 12.5 Å². The first-order valence-corrected chi connectivity index (χ1v) is 10.2. The SMILES string of the molecule is CCC[C@H](C(=O)O)N1C(=O)CO[C@@](C)(c2ccc(Cl)cc2)[C@H]1c1ccc(Cl)cc1. The van der Waals surface area contributed by atoms with Crippen LogP contribution in [0.25, 0.3) is 0 Å². The van der Waals surface area contributed by atoms with Gasteiger partial charge in [0.15, 0.2) is 0 Å². The number of hydrogen-bond acceptors (Lipinski definition) is 3. The highest BCUT2D eigenvalue weighted by Crippen LogP contribution is 2.46. The van der Waals surface area contributed by atoms with Gasteiger partial charge in [-0.15, -0.1) is 0 Å². The first-order chi connectivity index (χ1) is 13.8. The van der Waals surface area contributed by atoms with Gasteiger partial charge in [-0.1, -0.05) is 60.8 Å². The summed E-state index contributed by atoms with van der Waals surface area (Å²) in [5, 5.41) is 11.0. The number of hydrogen-bond donors (Lipinski definition) is 1. The third kappa shape index (κ3) is 4.27. The minimum absolute atomic E-state index is 0.198. The number of rotatable bonds is 6. The summed E-state index contributed by atoms with van der Waals surface area (Å²) >= 11 is 12.1. The van der Waals surface area contributed by atoms with Gasteiger partial charge in [-0.25, -0.2) is 4.79 Å². The second-order valence-electron chi connectivity index (χ2n) is 7.30. The monoisotopic (exact) mass is 435 g/mol. The number of carboxylic acids is 1. The van der Waals surface area contributed by atoms with Crippen molar-refractivity contribution in [1.29, 1.82) is 0 Å². The zero-order valence-corrected chi connectivity index (χ0v) is 17.8. The van der Waals surface area contributed by atoms with E-state index in [0.717, 1.165) is 11.1 Å². The van der Waals surface area contributed by atoms with Crippen LogP contribution in [0.3, 0.4) is 0 Å². The highest BCUT2D eigenvalue weighted by atomic mass is 35.5. The maximum atomic E-state index is 12.9. The van der Waals surface area contributed by atoms with Crippen molar-refractivity contribution in [3.05, 3.63) is 69.7 Å². The molecule has 0 unspecified atom stereocenters. The Bertz CT molecular complexity index is 885. The van der Waals surface area contributed by atoms with E-state index >= 15 is 0 Å². The van der Waals surface area contributed by atoms with Gasteiger partial charge in [0.05, 0.1) is 6.04 Å². The average Bonchev–Trinajstić information content (AvgIpc) is 2.69. The Balaban J connectivity index is 2.19. The van der Waals surface area contributed by atoms with Crippen LogP contribution in [0, 0.1) is 0 Å². The molecule has 2 aromatic carbocycles. The van der Waals surface area contributed by atoms with E-state index in [1.54, 1.807) is 36.4 Å². The van der Waals surface area contributed by atoms with E-state index in [1.165, 1.54) is 4.90 Å². The second kappa shape index (κ2) is 8.74. The molecule has 0 spiro atoms. The Morgan fingerprint density at radius 2 is 1.72 bits per heavy atom. The molecule has 1 N–H and O–H groups in total. The summed E-state index contributed by atoms with van der Waals surface area (Å²) in [5.41, 5.74) is 0.593. The largest absolute Gasteiger partial charge is 0.480 e. The molecule has 1 aliphatic rings. The van der Waals surface area contributed by atoms with E-state index in [2.05, 4.69) is 0 Å². The standard InChI is InChI=1S/C22H23Cl2NO4/c1-3-4-18(21(27)28)25-19(26)13-29-22(2,15-7-11-17(24)12-8-15)20(25)14-5-9-16(23)10-6-14/h5-12,18,20H,3-4,13H2,1-2H3,(H,27,28)/t18-,20-,22+/m1/s1. The molecule has 0 aliphatic carbocycles. The molecular weight excluding hydrogens is 413 g/mol. The molecule has 0 saturated carbocycles. The van der Waals surface area contributed by atoms with Gasteiger partial charge in [0, 0.05) is 10.0 Å². The maximum Gasteiger partial charge on any atom is 0.326 e. The van der Waals surface area contributed by atoms with Gasteiger partial charge in [0.1, 0.15) is 18.2 Å². The molecule has 3 rings (SSSR count). The molecule has 1 amide bonds. The molecule has 0 bridgehead atoms. The predicted octanol–water partition coefficient (Wildman–Crippen LogP) is 5.06. The summed E-state index contributed by atoms with van der Waals surface area (Å²) in [5.74, 6) is -1.38. The van der Waals surface area contributed by atoms with Gasteiger partial charge in [-0.05, 0) is 48.7 Å². The fourth-order valence-corrected chi connectivity index (χ4v) is 4.18. The molecule has 0 radical (unpaired) electrons. The normalized spacial score (nSPS) is 23.1. The summed E-state index contributed by atoms with van der Waals surface area (Å²) in [6.07, 6.45) is 0.981. The number of nitrogens with zero attached hydrogens (tertiary/aromatic N) is 1. The lowest BCUT2D eigenvalue weighted by atomic mass is 9.80. The number of halogens is 2. The van der Waals surface area contributed by atoms with Crippen molar-refractivity contribution in [3.8, 4) is 0 Å². The van der Waals surface area contributed by atoms with Crippen molar-refractivity contribution in [1.82, 2.24) is 4.90 Å². The van der Waals surface area contributed by atoms with Crippen LogP contribution in [0.2, 0.25) is 10.0 Å². The molecule has 1 heterocycles. The topological polar surface area (TPSA) is 66.8 Å². The quantitative estimate of drug-likeness (QED) is 0.687. The van der Waals surface area contributed by atoms with Crippen molar-refractivity contribution in [2.75, 3.05) is 6.61 Å². The third-order valence-corrected chi connectivity index (χ3v) is 5.87. The summed E-state index contributed by atoms with van der Waals surface area (Å²) in [7, 11) is 0. The van der Waals surface area contributed by atoms with E-state index in [9.17, 15) is 14.7 Å². The Kier molecular flexibility index (Phi) is 6.52. The Morgan fingerprint density at radius 1 is 1.17 bits per heavy atom. The number of aliphatic carboxylic acids is 1. The molecule has 7 heteroatoms. The Morgan fingerprint density at radius 3 is 2.24 bits per heavy atom. The van der Waals surface area contributed by atoms with Crippen LogP contribution >= 0.6 is 23.2 Å². The summed E-state index contributed by atoms with van der Waals surface area (Å²) < 4.78 is 6.08. The number of morpholine rings is 1. The number of ether oxygens (including phenoxy) is 1. The number of carboxylic acid groups (broad SMARTS) is 1. The van der Waals surface area contributed by atoms with Crippen molar-refractivity contribution in [2.24, 2.45) is 0 Å². The second-order valence-corrected chi connectivity index (χ2v) is 8.17. The highest BCUT2D eigenvalue weighted by molar-refractivity contribution is 6.30.